The van der Waals surface area contributed by atoms with Crippen LogP contribution in [0.5, 0.6) is 0 Å². The molecule has 0 saturated heterocycles. The molecule has 18 heavy (non-hydrogen) atoms. The summed E-state index contributed by atoms with van der Waals surface area (Å²) in [5, 5.41) is 13.4. The van der Waals surface area contributed by atoms with Crippen LogP contribution in [0.2, 0.25) is 0 Å². The zero-order valence-electron chi connectivity index (χ0n) is 12.5. The summed E-state index contributed by atoms with van der Waals surface area (Å²) in [6.07, 6.45) is 7.88. The quantitative estimate of drug-likeness (QED) is 0.686. The number of nitrogens with one attached hydrogen (secondary N) is 1. The molecule has 2 N–H and O–H groups in total. The highest BCUT2D eigenvalue weighted by Crippen LogP contribution is 2.20. The second kappa shape index (κ2) is 8.89. The molecule has 0 aliphatic heterocycles. The highest BCUT2D eigenvalue weighted by atomic mass is 16.3. The van der Waals surface area contributed by atoms with Crippen molar-refractivity contribution in [2.75, 3.05) is 26.7 Å². The van der Waals surface area contributed by atoms with E-state index in [2.05, 4.69) is 31.1 Å². The highest BCUT2D eigenvalue weighted by molar-refractivity contribution is 4.75. The Morgan fingerprint density at radius 1 is 1.11 bits per heavy atom. The second-order valence-electron chi connectivity index (χ2n) is 6.29. The van der Waals surface area contributed by atoms with Crippen LogP contribution in [0.25, 0.3) is 0 Å². The minimum absolute atomic E-state index is 0.239. The van der Waals surface area contributed by atoms with E-state index in [-0.39, 0.29) is 6.10 Å². The van der Waals surface area contributed by atoms with Crippen LogP contribution in [0.15, 0.2) is 0 Å². The van der Waals surface area contributed by atoms with Gasteiger partial charge in [0.25, 0.3) is 0 Å². The minimum Gasteiger partial charge on any atom is -0.390 e. The molecule has 1 fully saturated rings. The number of hydrogen-bond donors (Lipinski definition) is 2. The molecule has 0 amide bonds. The maximum atomic E-state index is 10.0. The van der Waals surface area contributed by atoms with Gasteiger partial charge in [-0.15, -0.1) is 0 Å². The topological polar surface area (TPSA) is 35.5 Å². The molecule has 1 aliphatic carbocycles. The van der Waals surface area contributed by atoms with Crippen molar-refractivity contribution in [3.8, 4) is 0 Å². The summed E-state index contributed by atoms with van der Waals surface area (Å²) in [5.74, 6) is 0.650. The molecule has 0 bridgehead atoms. The minimum atomic E-state index is -0.239. The lowest BCUT2D eigenvalue weighted by Gasteiger charge is -2.29. The third-order valence-corrected chi connectivity index (χ3v) is 3.88. The van der Waals surface area contributed by atoms with Crippen molar-refractivity contribution in [3.63, 3.8) is 0 Å². The van der Waals surface area contributed by atoms with Crippen LogP contribution >= 0.6 is 0 Å². The Bertz CT molecular complexity index is 201. The van der Waals surface area contributed by atoms with E-state index in [0.717, 1.165) is 19.6 Å². The molecular formula is C15H32N2O. The molecule has 0 spiro atoms. The molecule has 1 rings (SSSR count). The average Bonchev–Trinajstić information content (AvgIpc) is 2.56. The molecule has 3 heteroatoms. The van der Waals surface area contributed by atoms with E-state index in [0.29, 0.717) is 12.0 Å². The van der Waals surface area contributed by atoms with E-state index in [1.54, 1.807) is 0 Å². The van der Waals surface area contributed by atoms with Gasteiger partial charge in [-0.05, 0) is 32.4 Å². The molecule has 3 nitrogen and oxygen atoms in total. The first-order valence-electron chi connectivity index (χ1n) is 7.68. The van der Waals surface area contributed by atoms with Gasteiger partial charge in [0.2, 0.25) is 0 Å². The van der Waals surface area contributed by atoms with Gasteiger partial charge in [0.1, 0.15) is 0 Å². The van der Waals surface area contributed by atoms with Crippen LogP contribution in [0.1, 0.15) is 52.4 Å². The van der Waals surface area contributed by atoms with E-state index in [1.807, 2.05) is 0 Å². The zero-order chi connectivity index (χ0) is 13.4. The van der Waals surface area contributed by atoms with Crippen molar-refractivity contribution in [2.45, 2.75) is 64.5 Å². The summed E-state index contributed by atoms with van der Waals surface area (Å²) in [6.45, 7) is 6.89. The Labute approximate surface area is 113 Å². The molecule has 0 aromatic rings. The standard InChI is InChI=1S/C15H32N2O/c1-13(2)10-16-11-15(18)12-17(3)14-8-6-4-5-7-9-14/h13-16,18H,4-12H2,1-3H3. The largest absolute Gasteiger partial charge is 0.390 e. The van der Waals surface area contributed by atoms with E-state index in [1.165, 1.54) is 38.5 Å². The molecule has 1 atom stereocenters. The van der Waals surface area contributed by atoms with Crippen LogP contribution in [0.3, 0.4) is 0 Å². The van der Waals surface area contributed by atoms with E-state index in [9.17, 15) is 5.11 Å². The van der Waals surface area contributed by atoms with Crippen LogP contribution in [0.4, 0.5) is 0 Å². The van der Waals surface area contributed by atoms with Crippen molar-refractivity contribution in [1.29, 1.82) is 0 Å². The normalized spacial score (nSPS) is 20.3. The van der Waals surface area contributed by atoms with Gasteiger partial charge in [-0.1, -0.05) is 39.5 Å². The van der Waals surface area contributed by atoms with E-state index >= 15 is 0 Å². The molecule has 1 unspecified atom stereocenters. The summed E-state index contributed by atoms with van der Waals surface area (Å²) >= 11 is 0. The Morgan fingerprint density at radius 3 is 2.28 bits per heavy atom. The first-order chi connectivity index (χ1) is 8.59. The summed E-state index contributed by atoms with van der Waals surface area (Å²) < 4.78 is 0. The van der Waals surface area contributed by atoms with E-state index < -0.39 is 0 Å². The molecule has 0 radical (unpaired) electrons. The Morgan fingerprint density at radius 2 is 1.72 bits per heavy atom. The van der Waals surface area contributed by atoms with Crippen molar-refractivity contribution >= 4 is 0 Å². The molecule has 0 heterocycles. The summed E-state index contributed by atoms with van der Waals surface area (Å²) in [5.41, 5.74) is 0. The van der Waals surface area contributed by atoms with Gasteiger partial charge in [0, 0.05) is 19.1 Å². The molecule has 0 aromatic carbocycles. The second-order valence-corrected chi connectivity index (χ2v) is 6.29. The van der Waals surface area contributed by atoms with Crippen LogP contribution in [0, 0.1) is 5.92 Å². The number of rotatable bonds is 7. The van der Waals surface area contributed by atoms with Gasteiger partial charge in [0.15, 0.2) is 0 Å². The Hall–Kier alpha value is -0.120. The lowest BCUT2D eigenvalue weighted by atomic mass is 10.1. The number of nitrogens with zero attached hydrogens (tertiary/aromatic N) is 1. The first-order valence-corrected chi connectivity index (χ1v) is 7.68. The third-order valence-electron chi connectivity index (χ3n) is 3.88. The monoisotopic (exact) mass is 256 g/mol. The number of aliphatic hydroxyl groups excluding tert-OH is 1. The third kappa shape index (κ3) is 6.72. The molecule has 1 saturated carbocycles. The van der Waals surface area contributed by atoms with Crippen molar-refractivity contribution < 1.29 is 5.11 Å². The molecule has 1 aliphatic rings. The summed E-state index contributed by atoms with van der Waals surface area (Å²) in [7, 11) is 2.17. The summed E-state index contributed by atoms with van der Waals surface area (Å²) in [6, 6.07) is 0.687. The molecular weight excluding hydrogens is 224 g/mol. The maximum absolute atomic E-state index is 10.0. The zero-order valence-corrected chi connectivity index (χ0v) is 12.5. The van der Waals surface area contributed by atoms with Gasteiger partial charge < -0.3 is 15.3 Å². The highest BCUT2D eigenvalue weighted by Gasteiger charge is 2.18. The average molecular weight is 256 g/mol. The lowest BCUT2D eigenvalue weighted by Crippen LogP contribution is -2.41. The van der Waals surface area contributed by atoms with Crippen LogP contribution in [-0.4, -0.2) is 48.8 Å². The maximum Gasteiger partial charge on any atom is 0.0791 e. The lowest BCUT2D eigenvalue weighted by molar-refractivity contribution is 0.0975. The number of aliphatic hydroxyl groups is 1. The van der Waals surface area contributed by atoms with Crippen molar-refractivity contribution in [2.24, 2.45) is 5.92 Å². The molecule has 108 valence electrons. The predicted molar refractivity (Wildman–Crippen MR) is 77.8 cm³/mol. The number of likely N-dealkylation sites (N-methyl/N-ethyl adjacent to an activating group) is 1. The predicted octanol–water partition coefficient (Wildman–Crippen LogP) is 2.25. The fourth-order valence-electron chi connectivity index (χ4n) is 2.78. The Kier molecular flexibility index (Phi) is 7.87. The van der Waals surface area contributed by atoms with E-state index in [4.69, 9.17) is 0 Å². The van der Waals surface area contributed by atoms with Gasteiger partial charge in [-0.2, -0.15) is 0 Å². The summed E-state index contributed by atoms with van der Waals surface area (Å²) in [4.78, 5) is 2.37. The smallest absolute Gasteiger partial charge is 0.0791 e. The van der Waals surface area contributed by atoms with Gasteiger partial charge in [0.05, 0.1) is 6.10 Å². The van der Waals surface area contributed by atoms with Crippen LogP contribution < -0.4 is 5.32 Å². The first kappa shape index (κ1) is 15.9. The van der Waals surface area contributed by atoms with Crippen molar-refractivity contribution in [1.82, 2.24) is 10.2 Å². The van der Waals surface area contributed by atoms with Gasteiger partial charge in [-0.25, -0.2) is 0 Å². The molecule has 0 aromatic heterocycles. The van der Waals surface area contributed by atoms with Crippen molar-refractivity contribution in [3.05, 3.63) is 0 Å². The van der Waals surface area contributed by atoms with Gasteiger partial charge >= 0.3 is 0 Å². The fraction of sp³-hybridized carbons (Fsp3) is 1.00. The Balaban J connectivity index is 2.18. The van der Waals surface area contributed by atoms with Crippen LogP contribution in [-0.2, 0) is 0 Å². The SMILES string of the molecule is CC(C)CNCC(O)CN(C)C1CCCCCC1. The van der Waals surface area contributed by atoms with Gasteiger partial charge in [-0.3, -0.25) is 0 Å². The number of hydrogen-bond acceptors (Lipinski definition) is 3. The fourth-order valence-corrected chi connectivity index (χ4v) is 2.78.